The summed E-state index contributed by atoms with van der Waals surface area (Å²) in [5.74, 6) is 2.14. The van der Waals surface area contributed by atoms with E-state index in [1.807, 2.05) is 0 Å². The Morgan fingerprint density at radius 3 is 2.76 bits per heavy atom. The fourth-order valence-electron chi connectivity index (χ4n) is 3.05. The second kappa shape index (κ2) is 7.97. The van der Waals surface area contributed by atoms with Gasteiger partial charge in [-0.2, -0.15) is 0 Å². The van der Waals surface area contributed by atoms with E-state index in [1.165, 1.54) is 31.5 Å². The number of hydrogen-bond donors (Lipinski definition) is 1. The molecular weight excluding hydrogens is 262 g/mol. The number of furan rings is 1. The minimum Gasteiger partial charge on any atom is -0.465 e. The molecule has 1 aliphatic heterocycles. The van der Waals surface area contributed by atoms with Crippen LogP contribution in [0, 0.1) is 6.92 Å². The predicted octanol–water partition coefficient (Wildman–Crippen LogP) is 2.61. The number of hydrogen-bond acceptors (Lipinski definition) is 4. The fourth-order valence-corrected chi connectivity index (χ4v) is 3.05. The standard InChI is InChI=1S/C17H31N3O/c1-5-8-18-12-17-11-15(14(2)21-17)13-20(4)16-6-9-19(3)10-7-16/h11,16,18H,5-10,12-13H2,1-4H3. The summed E-state index contributed by atoms with van der Waals surface area (Å²) < 4.78 is 5.87. The van der Waals surface area contributed by atoms with Crippen molar-refractivity contribution in [2.45, 2.75) is 52.2 Å². The average molecular weight is 293 g/mol. The van der Waals surface area contributed by atoms with Crippen LogP contribution in [0.5, 0.6) is 0 Å². The zero-order chi connectivity index (χ0) is 15.2. The summed E-state index contributed by atoms with van der Waals surface area (Å²) in [5, 5.41) is 3.40. The molecular formula is C17H31N3O. The van der Waals surface area contributed by atoms with Gasteiger partial charge in [-0.3, -0.25) is 4.90 Å². The summed E-state index contributed by atoms with van der Waals surface area (Å²) in [6.45, 7) is 9.58. The Bertz CT molecular complexity index is 422. The van der Waals surface area contributed by atoms with Gasteiger partial charge in [0.2, 0.25) is 0 Å². The summed E-state index contributed by atoms with van der Waals surface area (Å²) in [4.78, 5) is 4.92. The molecule has 120 valence electrons. The highest BCUT2D eigenvalue weighted by atomic mass is 16.3. The van der Waals surface area contributed by atoms with Crippen molar-refractivity contribution in [3.63, 3.8) is 0 Å². The summed E-state index contributed by atoms with van der Waals surface area (Å²) >= 11 is 0. The lowest BCUT2D eigenvalue weighted by molar-refractivity contribution is 0.139. The van der Waals surface area contributed by atoms with E-state index in [0.717, 1.165) is 37.6 Å². The minimum atomic E-state index is 0.706. The maximum absolute atomic E-state index is 5.87. The largest absolute Gasteiger partial charge is 0.465 e. The Morgan fingerprint density at radius 2 is 2.10 bits per heavy atom. The molecule has 0 aliphatic carbocycles. The quantitative estimate of drug-likeness (QED) is 0.783. The lowest BCUT2D eigenvalue weighted by atomic mass is 10.0. The van der Waals surface area contributed by atoms with E-state index in [2.05, 4.69) is 49.1 Å². The number of piperidine rings is 1. The first-order chi connectivity index (χ1) is 10.1. The third-order valence-electron chi connectivity index (χ3n) is 4.53. The van der Waals surface area contributed by atoms with E-state index < -0.39 is 0 Å². The zero-order valence-corrected chi connectivity index (χ0v) is 14.1. The Labute approximate surface area is 129 Å². The molecule has 0 radical (unpaired) electrons. The summed E-state index contributed by atoms with van der Waals surface area (Å²) in [7, 11) is 4.46. The van der Waals surface area contributed by atoms with Crippen molar-refractivity contribution in [2.75, 3.05) is 33.7 Å². The van der Waals surface area contributed by atoms with Gasteiger partial charge in [0.25, 0.3) is 0 Å². The zero-order valence-electron chi connectivity index (χ0n) is 14.1. The Morgan fingerprint density at radius 1 is 1.38 bits per heavy atom. The monoisotopic (exact) mass is 293 g/mol. The topological polar surface area (TPSA) is 31.6 Å². The van der Waals surface area contributed by atoms with Crippen molar-refractivity contribution in [1.82, 2.24) is 15.1 Å². The van der Waals surface area contributed by atoms with E-state index in [-0.39, 0.29) is 0 Å². The molecule has 21 heavy (non-hydrogen) atoms. The molecule has 1 fully saturated rings. The first kappa shape index (κ1) is 16.5. The van der Waals surface area contributed by atoms with Crippen LogP contribution >= 0.6 is 0 Å². The Kier molecular flexibility index (Phi) is 6.27. The highest BCUT2D eigenvalue weighted by Crippen LogP contribution is 2.20. The van der Waals surface area contributed by atoms with Gasteiger partial charge in [-0.1, -0.05) is 6.92 Å². The molecule has 1 saturated heterocycles. The molecule has 1 aromatic heterocycles. The smallest absolute Gasteiger partial charge is 0.118 e. The lowest BCUT2D eigenvalue weighted by Crippen LogP contribution is -2.41. The molecule has 0 spiro atoms. The third kappa shape index (κ3) is 4.83. The van der Waals surface area contributed by atoms with Crippen LogP contribution in [-0.4, -0.2) is 49.6 Å². The molecule has 2 heterocycles. The van der Waals surface area contributed by atoms with E-state index in [9.17, 15) is 0 Å². The van der Waals surface area contributed by atoms with Gasteiger partial charge in [0.05, 0.1) is 6.54 Å². The van der Waals surface area contributed by atoms with Gasteiger partial charge >= 0.3 is 0 Å². The lowest BCUT2D eigenvalue weighted by Gasteiger charge is -2.35. The van der Waals surface area contributed by atoms with Crippen LogP contribution < -0.4 is 5.32 Å². The van der Waals surface area contributed by atoms with Gasteiger partial charge in [0.1, 0.15) is 11.5 Å². The molecule has 2 rings (SSSR count). The summed E-state index contributed by atoms with van der Waals surface area (Å²) in [6, 6.07) is 2.93. The SMILES string of the molecule is CCCNCc1cc(CN(C)C2CCN(C)CC2)c(C)o1. The van der Waals surface area contributed by atoms with Crippen molar-refractivity contribution in [2.24, 2.45) is 0 Å². The molecule has 4 heteroatoms. The minimum absolute atomic E-state index is 0.706. The Hall–Kier alpha value is -0.840. The van der Waals surface area contributed by atoms with E-state index in [4.69, 9.17) is 4.42 Å². The number of nitrogens with zero attached hydrogens (tertiary/aromatic N) is 2. The first-order valence-electron chi connectivity index (χ1n) is 8.27. The highest BCUT2D eigenvalue weighted by molar-refractivity contribution is 5.20. The maximum Gasteiger partial charge on any atom is 0.118 e. The number of rotatable bonds is 7. The molecule has 0 aromatic carbocycles. The maximum atomic E-state index is 5.87. The number of nitrogens with one attached hydrogen (secondary N) is 1. The second-order valence-corrected chi connectivity index (χ2v) is 6.42. The summed E-state index contributed by atoms with van der Waals surface area (Å²) in [6.07, 6.45) is 3.70. The Balaban J connectivity index is 1.86. The predicted molar refractivity (Wildman–Crippen MR) is 87.4 cm³/mol. The fraction of sp³-hybridized carbons (Fsp3) is 0.765. The molecule has 1 aliphatic rings. The molecule has 1 N–H and O–H groups in total. The molecule has 0 atom stereocenters. The van der Waals surface area contributed by atoms with Crippen LogP contribution in [-0.2, 0) is 13.1 Å². The molecule has 0 saturated carbocycles. The van der Waals surface area contributed by atoms with Gasteiger partial charge in [-0.05, 0) is 66.0 Å². The van der Waals surface area contributed by atoms with Crippen molar-refractivity contribution < 1.29 is 4.42 Å². The molecule has 0 unspecified atom stereocenters. The third-order valence-corrected chi connectivity index (χ3v) is 4.53. The highest BCUT2D eigenvalue weighted by Gasteiger charge is 2.21. The van der Waals surface area contributed by atoms with Crippen molar-refractivity contribution in [3.05, 3.63) is 23.2 Å². The molecule has 1 aromatic rings. The first-order valence-corrected chi connectivity index (χ1v) is 8.27. The van der Waals surface area contributed by atoms with Crippen molar-refractivity contribution in [1.29, 1.82) is 0 Å². The molecule has 0 bridgehead atoms. The molecule has 0 amide bonds. The van der Waals surface area contributed by atoms with Crippen LogP contribution in [0.15, 0.2) is 10.5 Å². The normalized spacial score (nSPS) is 17.8. The van der Waals surface area contributed by atoms with Crippen LogP contribution in [0.1, 0.15) is 43.3 Å². The van der Waals surface area contributed by atoms with Crippen LogP contribution in [0.2, 0.25) is 0 Å². The van der Waals surface area contributed by atoms with E-state index in [1.54, 1.807) is 0 Å². The van der Waals surface area contributed by atoms with Gasteiger partial charge in [-0.15, -0.1) is 0 Å². The van der Waals surface area contributed by atoms with Crippen LogP contribution in [0.3, 0.4) is 0 Å². The second-order valence-electron chi connectivity index (χ2n) is 6.42. The number of aryl methyl sites for hydroxylation is 1. The van der Waals surface area contributed by atoms with Crippen LogP contribution in [0.4, 0.5) is 0 Å². The van der Waals surface area contributed by atoms with Crippen molar-refractivity contribution >= 4 is 0 Å². The van der Waals surface area contributed by atoms with E-state index >= 15 is 0 Å². The van der Waals surface area contributed by atoms with Gasteiger partial charge in [0, 0.05) is 18.2 Å². The summed E-state index contributed by atoms with van der Waals surface area (Å²) in [5.41, 5.74) is 1.34. The molecule has 4 nitrogen and oxygen atoms in total. The average Bonchev–Trinajstić information content (AvgIpc) is 2.80. The van der Waals surface area contributed by atoms with Crippen molar-refractivity contribution in [3.8, 4) is 0 Å². The number of likely N-dealkylation sites (tertiary alicyclic amines) is 1. The van der Waals surface area contributed by atoms with E-state index in [0.29, 0.717) is 6.04 Å². The van der Waals surface area contributed by atoms with Gasteiger partial charge in [0.15, 0.2) is 0 Å². The van der Waals surface area contributed by atoms with Gasteiger partial charge < -0.3 is 14.6 Å². The van der Waals surface area contributed by atoms with Crippen LogP contribution in [0.25, 0.3) is 0 Å². The van der Waals surface area contributed by atoms with Gasteiger partial charge in [-0.25, -0.2) is 0 Å².